The van der Waals surface area contributed by atoms with Gasteiger partial charge >= 0.3 is 0 Å². The largest absolute Gasteiger partial charge is 0.312 e. The lowest BCUT2D eigenvalue weighted by Gasteiger charge is -2.35. The Kier molecular flexibility index (Phi) is 4.34. The van der Waals surface area contributed by atoms with Crippen molar-refractivity contribution in [3.63, 3.8) is 0 Å². The molecule has 2 unspecified atom stereocenters. The molecule has 1 spiro atoms. The molecule has 1 aliphatic carbocycles. The van der Waals surface area contributed by atoms with Crippen LogP contribution in [0.15, 0.2) is 0 Å². The minimum atomic E-state index is -0.328. The van der Waals surface area contributed by atoms with E-state index >= 15 is 0 Å². The second-order valence-electron chi connectivity index (χ2n) is 7.20. The topological polar surface area (TPSA) is 49.4 Å². The fourth-order valence-electron chi connectivity index (χ4n) is 4.58. The Morgan fingerprint density at radius 1 is 1.19 bits per heavy atom. The van der Waals surface area contributed by atoms with Crippen molar-refractivity contribution in [3.05, 3.63) is 0 Å². The molecule has 4 nitrogen and oxygen atoms in total. The van der Waals surface area contributed by atoms with E-state index in [9.17, 15) is 9.59 Å². The predicted molar refractivity (Wildman–Crippen MR) is 81.7 cm³/mol. The van der Waals surface area contributed by atoms with E-state index in [0.717, 1.165) is 38.6 Å². The Hall–Kier alpha value is -0.900. The van der Waals surface area contributed by atoms with E-state index in [4.69, 9.17) is 0 Å². The fourth-order valence-corrected chi connectivity index (χ4v) is 4.58. The number of imide groups is 1. The Morgan fingerprint density at radius 3 is 2.67 bits per heavy atom. The van der Waals surface area contributed by atoms with E-state index in [2.05, 4.69) is 12.2 Å². The Morgan fingerprint density at radius 2 is 1.95 bits per heavy atom. The average molecular weight is 292 g/mol. The predicted octanol–water partition coefficient (Wildman–Crippen LogP) is 2.47. The van der Waals surface area contributed by atoms with Gasteiger partial charge in [-0.05, 0) is 38.1 Å². The summed E-state index contributed by atoms with van der Waals surface area (Å²) in [7, 11) is 0. The third-order valence-electron chi connectivity index (χ3n) is 5.93. The zero-order valence-electron chi connectivity index (χ0n) is 13.2. The number of rotatable bonds is 3. The molecule has 1 saturated carbocycles. The first-order valence-electron chi connectivity index (χ1n) is 8.74. The summed E-state index contributed by atoms with van der Waals surface area (Å²) in [6.45, 7) is 3.82. The van der Waals surface area contributed by atoms with Gasteiger partial charge in [-0.1, -0.05) is 32.6 Å². The fraction of sp³-hybridized carbons (Fsp3) is 0.882. The Labute approximate surface area is 127 Å². The highest BCUT2D eigenvalue weighted by Crippen LogP contribution is 2.45. The van der Waals surface area contributed by atoms with Crippen LogP contribution in [0, 0.1) is 11.3 Å². The summed E-state index contributed by atoms with van der Waals surface area (Å²) < 4.78 is 0. The minimum absolute atomic E-state index is 0.0733. The summed E-state index contributed by atoms with van der Waals surface area (Å²) in [6.07, 6.45) is 9.28. The van der Waals surface area contributed by atoms with Crippen LogP contribution >= 0.6 is 0 Å². The average Bonchev–Trinajstić information content (AvgIpc) is 2.73. The molecule has 2 atom stereocenters. The lowest BCUT2D eigenvalue weighted by Crippen LogP contribution is -2.50. The molecule has 0 aromatic rings. The zero-order valence-corrected chi connectivity index (χ0v) is 13.2. The highest BCUT2D eigenvalue weighted by atomic mass is 16.2. The van der Waals surface area contributed by atoms with Crippen molar-refractivity contribution in [2.45, 2.75) is 70.8 Å². The third-order valence-corrected chi connectivity index (χ3v) is 5.93. The molecular formula is C17H28N2O2. The smallest absolute Gasteiger partial charge is 0.235 e. The van der Waals surface area contributed by atoms with Crippen molar-refractivity contribution in [1.29, 1.82) is 0 Å². The summed E-state index contributed by atoms with van der Waals surface area (Å²) in [5, 5.41) is 3.53. The zero-order chi connectivity index (χ0) is 14.9. The molecule has 2 saturated heterocycles. The third kappa shape index (κ3) is 2.75. The molecule has 3 aliphatic rings. The molecule has 2 aliphatic heterocycles. The maximum absolute atomic E-state index is 12.8. The van der Waals surface area contributed by atoms with Crippen LogP contribution in [0.5, 0.6) is 0 Å². The Bertz CT molecular complexity index is 415. The van der Waals surface area contributed by atoms with Gasteiger partial charge in [0.25, 0.3) is 0 Å². The van der Waals surface area contributed by atoms with Gasteiger partial charge in [-0.25, -0.2) is 0 Å². The van der Waals surface area contributed by atoms with Gasteiger partial charge in [0.1, 0.15) is 0 Å². The van der Waals surface area contributed by atoms with Gasteiger partial charge in [-0.15, -0.1) is 0 Å². The molecule has 4 heteroatoms. The number of likely N-dealkylation sites (tertiary alicyclic amines) is 1. The molecule has 2 amide bonds. The molecule has 0 radical (unpaired) electrons. The molecule has 0 aromatic heterocycles. The van der Waals surface area contributed by atoms with Crippen LogP contribution in [-0.2, 0) is 9.59 Å². The van der Waals surface area contributed by atoms with Gasteiger partial charge in [0.2, 0.25) is 11.8 Å². The number of nitrogens with one attached hydrogen (secondary N) is 1. The van der Waals surface area contributed by atoms with Crippen LogP contribution in [0.2, 0.25) is 0 Å². The Balaban J connectivity index is 1.70. The second kappa shape index (κ2) is 6.07. The van der Waals surface area contributed by atoms with E-state index in [1.54, 1.807) is 4.90 Å². The summed E-state index contributed by atoms with van der Waals surface area (Å²) in [4.78, 5) is 26.8. The van der Waals surface area contributed by atoms with Crippen LogP contribution < -0.4 is 5.32 Å². The van der Waals surface area contributed by atoms with E-state index < -0.39 is 0 Å². The second-order valence-corrected chi connectivity index (χ2v) is 7.20. The van der Waals surface area contributed by atoms with Gasteiger partial charge in [0.15, 0.2) is 0 Å². The van der Waals surface area contributed by atoms with E-state index in [0.29, 0.717) is 24.9 Å². The summed E-state index contributed by atoms with van der Waals surface area (Å²) in [5.74, 6) is 0.806. The van der Waals surface area contributed by atoms with Crippen molar-refractivity contribution in [2.24, 2.45) is 11.3 Å². The maximum atomic E-state index is 12.8. The van der Waals surface area contributed by atoms with Crippen molar-refractivity contribution in [2.75, 3.05) is 13.1 Å². The first kappa shape index (κ1) is 15.0. The number of amides is 2. The SMILES string of the molecule is CCC1CCCNC1CN1C(=O)CC2(CCCCC2)C1=O. The first-order chi connectivity index (χ1) is 10.2. The standard InChI is InChI=1S/C17H28N2O2/c1-2-13-7-6-10-18-14(13)12-19-15(20)11-17(16(19)21)8-4-3-5-9-17/h13-14,18H,2-12H2,1H3. The molecule has 118 valence electrons. The molecule has 3 fully saturated rings. The van der Waals surface area contributed by atoms with Crippen molar-refractivity contribution in [3.8, 4) is 0 Å². The lowest BCUT2D eigenvalue weighted by atomic mass is 9.73. The van der Waals surface area contributed by atoms with Crippen LogP contribution in [-0.4, -0.2) is 35.8 Å². The first-order valence-corrected chi connectivity index (χ1v) is 8.74. The monoisotopic (exact) mass is 292 g/mol. The molecule has 21 heavy (non-hydrogen) atoms. The molecular weight excluding hydrogens is 264 g/mol. The minimum Gasteiger partial charge on any atom is -0.312 e. The highest BCUT2D eigenvalue weighted by molar-refractivity contribution is 6.06. The van der Waals surface area contributed by atoms with Crippen LogP contribution in [0.25, 0.3) is 0 Å². The molecule has 3 rings (SSSR count). The summed E-state index contributed by atoms with van der Waals surface area (Å²) in [5.41, 5.74) is -0.328. The van der Waals surface area contributed by atoms with Gasteiger partial charge in [0, 0.05) is 19.0 Å². The van der Waals surface area contributed by atoms with Crippen LogP contribution in [0.4, 0.5) is 0 Å². The van der Waals surface area contributed by atoms with Crippen LogP contribution in [0.3, 0.4) is 0 Å². The van der Waals surface area contributed by atoms with E-state index in [-0.39, 0.29) is 17.2 Å². The van der Waals surface area contributed by atoms with Gasteiger partial charge in [0.05, 0.1) is 5.41 Å². The number of nitrogens with zero attached hydrogens (tertiary/aromatic N) is 1. The highest BCUT2D eigenvalue weighted by Gasteiger charge is 2.51. The lowest BCUT2D eigenvalue weighted by molar-refractivity contribution is -0.142. The molecule has 0 bridgehead atoms. The van der Waals surface area contributed by atoms with Gasteiger partial charge in [-0.2, -0.15) is 0 Å². The number of piperidine rings is 1. The number of carbonyl (C=O) groups is 2. The van der Waals surface area contributed by atoms with E-state index in [1.165, 1.54) is 19.3 Å². The van der Waals surface area contributed by atoms with Gasteiger partial charge in [-0.3, -0.25) is 14.5 Å². The number of hydrogen-bond acceptors (Lipinski definition) is 3. The maximum Gasteiger partial charge on any atom is 0.235 e. The number of carbonyl (C=O) groups excluding carboxylic acids is 2. The quantitative estimate of drug-likeness (QED) is 0.813. The van der Waals surface area contributed by atoms with Crippen molar-refractivity contribution in [1.82, 2.24) is 10.2 Å². The van der Waals surface area contributed by atoms with Gasteiger partial charge < -0.3 is 5.32 Å². The molecule has 1 N–H and O–H groups in total. The van der Waals surface area contributed by atoms with Crippen LogP contribution in [0.1, 0.15) is 64.7 Å². The van der Waals surface area contributed by atoms with E-state index in [1.807, 2.05) is 0 Å². The van der Waals surface area contributed by atoms with Crippen molar-refractivity contribution >= 4 is 11.8 Å². The molecule has 0 aromatic carbocycles. The summed E-state index contributed by atoms with van der Waals surface area (Å²) in [6, 6.07) is 0.301. The normalized spacial score (nSPS) is 32.9. The summed E-state index contributed by atoms with van der Waals surface area (Å²) >= 11 is 0. The number of hydrogen-bond donors (Lipinski definition) is 1. The molecule has 2 heterocycles. The van der Waals surface area contributed by atoms with Crippen molar-refractivity contribution < 1.29 is 9.59 Å².